The number of nitrogens with zero attached hydrogens (tertiary/aromatic N) is 2. The fourth-order valence-corrected chi connectivity index (χ4v) is 3.34. The molecule has 0 spiro atoms. The van der Waals surface area contributed by atoms with Crippen LogP contribution in [-0.2, 0) is 9.53 Å². The summed E-state index contributed by atoms with van der Waals surface area (Å²) >= 11 is 5.80. The van der Waals surface area contributed by atoms with Gasteiger partial charge in [0.2, 0.25) is 5.91 Å². The van der Waals surface area contributed by atoms with Crippen LogP contribution in [0.3, 0.4) is 0 Å². The van der Waals surface area contributed by atoms with Crippen molar-refractivity contribution in [2.75, 3.05) is 25.0 Å². The van der Waals surface area contributed by atoms with Gasteiger partial charge in [-0.15, -0.1) is 0 Å². The molecule has 2 unspecified atom stereocenters. The first-order chi connectivity index (χ1) is 12.9. The Morgan fingerprint density at radius 1 is 1.30 bits per heavy atom. The number of nitrogens with one attached hydrogen (secondary N) is 1. The highest BCUT2D eigenvalue weighted by molar-refractivity contribution is 6.32. The second-order valence-electron chi connectivity index (χ2n) is 6.51. The van der Waals surface area contributed by atoms with Gasteiger partial charge in [-0.1, -0.05) is 41.9 Å². The van der Waals surface area contributed by atoms with E-state index in [2.05, 4.69) is 5.32 Å². The first-order valence-corrected chi connectivity index (χ1v) is 8.96. The lowest BCUT2D eigenvalue weighted by atomic mass is 10.1. The maximum atomic E-state index is 12.4. The number of anilines is 1. The Balaban J connectivity index is 1.63. The maximum Gasteiger partial charge on any atom is 0.289 e. The van der Waals surface area contributed by atoms with Gasteiger partial charge in [0.1, 0.15) is 5.02 Å². The van der Waals surface area contributed by atoms with Crippen LogP contribution in [0, 0.1) is 10.1 Å². The molecule has 7 nitrogen and oxygen atoms in total. The van der Waals surface area contributed by atoms with E-state index in [-0.39, 0.29) is 35.4 Å². The number of carbonyl (C=O) groups is 1. The molecule has 1 fully saturated rings. The Hall–Kier alpha value is -2.48. The third-order valence-corrected chi connectivity index (χ3v) is 4.62. The molecule has 0 saturated carbocycles. The predicted molar refractivity (Wildman–Crippen MR) is 103 cm³/mol. The van der Waals surface area contributed by atoms with Crippen molar-refractivity contribution in [2.45, 2.75) is 19.1 Å². The molecule has 1 amide bonds. The van der Waals surface area contributed by atoms with Crippen molar-refractivity contribution in [3.8, 4) is 0 Å². The number of hydrogen-bond donors (Lipinski definition) is 1. The van der Waals surface area contributed by atoms with E-state index in [0.717, 1.165) is 5.56 Å². The molecule has 0 radical (unpaired) electrons. The zero-order valence-electron chi connectivity index (χ0n) is 14.8. The molecule has 3 rings (SSSR count). The molecule has 8 heteroatoms. The van der Waals surface area contributed by atoms with Crippen LogP contribution in [0.2, 0.25) is 5.02 Å². The van der Waals surface area contributed by atoms with Crippen molar-refractivity contribution in [3.05, 3.63) is 69.2 Å². The van der Waals surface area contributed by atoms with Gasteiger partial charge in [0.25, 0.3) is 5.69 Å². The molecule has 0 aromatic heterocycles. The zero-order valence-corrected chi connectivity index (χ0v) is 15.6. The highest BCUT2D eigenvalue weighted by atomic mass is 35.5. The predicted octanol–water partition coefficient (Wildman–Crippen LogP) is 3.65. The van der Waals surface area contributed by atoms with Gasteiger partial charge >= 0.3 is 0 Å². The van der Waals surface area contributed by atoms with Gasteiger partial charge in [0.05, 0.1) is 23.7 Å². The first-order valence-electron chi connectivity index (χ1n) is 8.59. The summed E-state index contributed by atoms with van der Waals surface area (Å²) in [6, 6.07) is 14.1. The number of benzene rings is 2. The van der Waals surface area contributed by atoms with E-state index < -0.39 is 4.92 Å². The normalized spacial score (nSPS) is 20.2. The number of nitro groups is 1. The van der Waals surface area contributed by atoms with Gasteiger partial charge in [-0.3, -0.25) is 19.8 Å². The van der Waals surface area contributed by atoms with Crippen molar-refractivity contribution in [1.82, 2.24) is 4.90 Å². The average molecular weight is 390 g/mol. The largest absolute Gasteiger partial charge is 0.368 e. The molecule has 142 valence electrons. The highest BCUT2D eigenvalue weighted by Crippen LogP contribution is 2.28. The zero-order chi connectivity index (χ0) is 19.4. The lowest BCUT2D eigenvalue weighted by Gasteiger charge is -2.36. The van der Waals surface area contributed by atoms with Crippen LogP contribution in [-0.4, -0.2) is 41.5 Å². The molecule has 1 saturated heterocycles. The van der Waals surface area contributed by atoms with Crippen LogP contribution in [0.15, 0.2) is 48.5 Å². The summed E-state index contributed by atoms with van der Waals surface area (Å²) in [5.74, 6) is -0.243. The van der Waals surface area contributed by atoms with Gasteiger partial charge < -0.3 is 10.1 Å². The maximum absolute atomic E-state index is 12.4. The van der Waals surface area contributed by atoms with Crippen molar-refractivity contribution < 1.29 is 14.5 Å². The number of amides is 1. The Bertz CT molecular complexity index is 831. The Morgan fingerprint density at radius 2 is 2.04 bits per heavy atom. The number of ether oxygens (including phenoxy) is 1. The van der Waals surface area contributed by atoms with E-state index in [1.807, 2.05) is 42.2 Å². The number of hydrogen-bond acceptors (Lipinski definition) is 5. The van der Waals surface area contributed by atoms with E-state index >= 15 is 0 Å². The van der Waals surface area contributed by atoms with E-state index in [1.165, 1.54) is 12.1 Å². The summed E-state index contributed by atoms with van der Waals surface area (Å²) in [6.07, 6.45) is -0.104. The Kier molecular flexibility index (Phi) is 6.05. The molecule has 2 aromatic rings. The minimum absolute atomic E-state index is 0.00613. The summed E-state index contributed by atoms with van der Waals surface area (Å²) in [6.45, 7) is 3.38. The third-order valence-electron chi connectivity index (χ3n) is 4.30. The van der Waals surface area contributed by atoms with Gasteiger partial charge in [-0.05, 0) is 24.6 Å². The van der Waals surface area contributed by atoms with Crippen molar-refractivity contribution in [2.24, 2.45) is 0 Å². The third kappa shape index (κ3) is 5.03. The number of halogens is 1. The summed E-state index contributed by atoms with van der Waals surface area (Å²) in [5, 5.41) is 13.7. The molecule has 0 bridgehead atoms. The molecule has 2 atom stereocenters. The summed E-state index contributed by atoms with van der Waals surface area (Å²) in [4.78, 5) is 24.8. The van der Waals surface area contributed by atoms with Crippen LogP contribution >= 0.6 is 11.6 Å². The topological polar surface area (TPSA) is 84.7 Å². The van der Waals surface area contributed by atoms with Crippen LogP contribution in [0.1, 0.15) is 18.6 Å². The molecule has 1 heterocycles. The summed E-state index contributed by atoms with van der Waals surface area (Å²) < 4.78 is 5.99. The summed E-state index contributed by atoms with van der Waals surface area (Å²) in [5.41, 5.74) is 1.18. The van der Waals surface area contributed by atoms with Gasteiger partial charge in [-0.25, -0.2) is 0 Å². The molecule has 27 heavy (non-hydrogen) atoms. The minimum atomic E-state index is -0.577. The van der Waals surface area contributed by atoms with Crippen LogP contribution in [0.5, 0.6) is 0 Å². The van der Waals surface area contributed by atoms with E-state index in [9.17, 15) is 14.9 Å². The molecular formula is C19H20ClN3O4. The molecule has 1 aliphatic heterocycles. The van der Waals surface area contributed by atoms with Crippen LogP contribution < -0.4 is 5.32 Å². The second kappa shape index (κ2) is 8.47. The smallest absolute Gasteiger partial charge is 0.289 e. The Morgan fingerprint density at radius 3 is 2.74 bits per heavy atom. The van der Waals surface area contributed by atoms with Gasteiger partial charge in [0, 0.05) is 24.8 Å². The minimum Gasteiger partial charge on any atom is -0.368 e. The molecule has 1 aliphatic rings. The first kappa shape index (κ1) is 19.3. The van der Waals surface area contributed by atoms with Crippen molar-refractivity contribution in [3.63, 3.8) is 0 Å². The van der Waals surface area contributed by atoms with Gasteiger partial charge in [-0.2, -0.15) is 0 Å². The molecule has 2 aromatic carbocycles. The lowest BCUT2D eigenvalue weighted by Crippen LogP contribution is -2.46. The average Bonchev–Trinajstić information content (AvgIpc) is 2.63. The van der Waals surface area contributed by atoms with Crippen molar-refractivity contribution >= 4 is 28.9 Å². The van der Waals surface area contributed by atoms with Gasteiger partial charge in [0.15, 0.2) is 0 Å². The van der Waals surface area contributed by atoms with Crippen molar-refractivity contribution in [1.29, 1.82) is 0 Å². The fraction of sp³-hybridized carbons (Fsp3) is 0.316. The molecule has 0 aliphatic carbocycles. The standard InChI is InChI=1S/C19H20ClN3O4/c1-13-10-22(11-18(27-13)14-5-3-2-4-6-14)12-19(24)21-15-7-8-16(20)17(9-15)23(25)26/h2-9,13,18H,10-12H2,1H3,(H,21,24). The second-order valence-corrected chi connectivity index (χ2v) is 6.92. The van der Waals surface area contributed by atoms with Crippen LogP contribution in [0.4, 0.5) is 11.4 Å². The van der Waals surface area contributed by atoms with Crippen LogP contribution in [0.25, 0.3) is 0 Å². The highest BCUT2D eigenvalue weighted by Gasteiger charge is 2.27. The van der Waals surface area contributed by atoms with E-state index in [4.69, 9.17) is 16.3 Å². The van der Waals surface area contributed by atoms with E-state index in [0.29, 0.717) is 18.8 Å². The SMILES string of the molecule is CC1CN(CC(=O)Nc2ccc(Cl)c([N+](=O)[O-])c2)CC(c2ccccc2)O1. The number of nitro benzene ring substituents is 1. The van der Waals surface area contributed by atoms with E-state index in [1.54, 1.807) is 6.07 Å². The quantitative estimate of drug-likeness (QED) is 0.623. The molecule has 1 N–H and O–H groups in total. The molecular weight excluding hydrogens is 370 g/mol. The number of morpholine rings is 1. The lowest BCUT2D eigenvalue weighted by molar-refractivity contribution is -0.384. The number of rotatable bonds is 5. The Labute approximate surface area is 162 Å². The fourth-order valence-electron chi connectivity index (χ4n) is 3.15. The monoisotopic (exact) mass is 389 g/mol. The summed E-state index contributed by atoms with van der Waals surface area (Å²) in [7, 11) is 0. The number of carbonyl (C=O) groups excluding carboxylic acids is 1.